The van der Waals surface area contributed by atoms with Crippen LogP contribution < -0.4 is 14.2 Å². The van der Waals surface area contributed by atoms with E-state index in [2.05, 4.69) is 0 Å². The number of aromatic carboxylic acids is 1. The molecule has 0 amide bonds. The molecule has 0 spiro atoms. The van der Waals surface area contributed by atoms with Crippen molar-refractivity contribution in [3.05, 3.63) is 95.3 Å². The molecule has 0 atom stereocenters. The number of carbonyl (C=O) groups is 1. The lowest BCUT2D eigenvalue weighted by Gasteiger charge is -2.20. The molecule has 0 saturated heterocycles. The van der Waals surface area contributed by atoms with Gasteiger partial charge in [0.1, 0.15) is 29.5 Å². The molecule has 0 aliphatic carbocycles. The lowest BCUT2D eigenvalue weighted by molar-refractivity contribution is 0.0694. The lowest BCUT2D eigenvalue weighted by Crippen LogP contribution is -2.07. The molecule has 4 aromatic carbocycles. The molecule has 0 aliphatic heterocycles. The Morgan fingerprint density at radius 3 is 2.11 bits per heavy atom. The quantitative estimate of drug-likeness (QED) is 0.296. The maximum atomic E-state index is 13.5. The van der Waals surface area contributed by atoms with Crippen LogP contribution >= 0.6 is 0 Å². The van der Waals surface area contributed by atoms with E-state index in [1.807, 2.05) is 31.2 Å². The second kappa shape index (κ2) is 10.4. The predicted molar refractivity (Wildman–Crippen MR) is 135 cm³/mol. The van der Waals surface area contributed by atoms with Crippen molar-refractivity contribution in [2.45, 2.75) is 13.5 Å². The van der Waals surface area contributed by atoms with E-state index < -0.39 is 11.8 Å². The SMILES string of the molecule is COc1cc(-c2ccc(F)cc2)c(OC)c(C(=O)O)c1-c1ccc(OCc2ccc(C)cc2)c(O)c1. The van der Waals surface area contributed by atoms with Gasteiger partial charge in [-0.2, -0.15) is 0 Å². The summed E-state index contributed by atoms with van der Waals surface area (Å²) in [5.41, 5.74) is 3.54. The first-order valence-electron chi connectivity index (χ1n) is 11.1. The number of methoxy groups -OCH3 is 2. The second-order valence-electron chi connectivity index (χ2n) is 8.18. The Balaban J connectivity index is 1.78. The third-order valence-electron chi connectivity index (χ3n) is 5.80. The van der Waals surface area contributed by atoms with Crippen molar-refractivity contribution in [2.24, 2.45) is 0 Å². The molecule has 0 bridgehead atoms. The van der Waals surface area contributed by atoms with E-state index in [0.717, 1.165) is 11.1 Å². The van der Waals surface area contributed by atoms with Gasteiger partial charge in [0.25, 0.3) is 0 Å². The summed E-state index contributed by atoms with van der Waals surface area (Å²) in [7, 11) is 2.79. The zero-order valence-electron chi connectivity index (χ0n) is 20.0. The van der Waals surface area contributed by atoms with Gasteiger partial charge < -0.3 is 24.4 Å². The van der Waals surface area contributed by atoms with Crippen LogP contribution in [0.1, 0.15) is 21.5 Å². The van der Waals surface area contributed by atoms with Crippen molar-refractivity contribution in [3.63, 3.8) is 0 Å². The van der Waals surface area contributed by atoms with Gasteiger partial charge in [0.2, 0.25) is 0 Å². The third-order valence-corrected chi connectivity index (χ3v) is 5.80. The van der Waals surface area contributed by atoms with Crippen LogP contribution in [0.25, 0.3) is 22.3 Å². The Kier molecular flexibility index (Phi) is 7.10. The van der Waals surface area contributed by atoms with Crippen molar-refractivity contribution in [1.29, 1.82) is 0 Å². The van der Waals surface area contributed by atoms with Crippen LogP contribution in [0.4, 0.5) is 4.39 Å². The molecule has 4 aromatic rings. The van der Waals surface area contributed by atoms with Crippen molar-refractivity contribution in [2.75, 3.05) is 14.2 Å². The number of aryl methyl sites for hydroxylation is 1. The minimum atomic E-state index is -1.25. The Labute approximate surface area is 208 Å². The van der Waals surface area contributed by atoms with Gasteiger partial charge in [-0.1, -0.05) is 48.0 Å². The summed E-state index contributed by atoms with van der Waals surface area (Å²) in [6, 6.07) is 19.7. The van der Waals surface area contributed by atoms with Crippen LogP contribution in [0.3, 0.4) is 0 Å². The first-order chi connectivity index (χ1) is 17.3. The number of rotatable bonds is 8. The molecular formula is C29H25FO6. The van der Waals surface area contributed by atoms with Crippen LogP contribution in [0, 0.1) is 12.7 Å². The van der Waals surface area contributed by atoms with Gasteiger partial charge in [-0.05, 0) is 53.9 Å². The number of carboxylic acids is 1. The minimum absolute atomic E-state index is 0.0871. The molecule has 36 heavy (non-hydrogen) atoms. The molecule has 0 aromatic heterocycles. The van der Waals surface area contributed by atoms with Crippen LogP contribution in [0.15, 0.2) is 72.8 Å². The average molecular weight is 489 g/mol. The monoisotopic (exact) mass is 488 g/mol. The van der Waals surface area contributed by atoms with Crippen molar-refractivity contribution < 1.29 is 33.6 Å². The average Bonchev–Trinajstić information content (AvgIpc) is 2.88. The van der Waals surface area contributed by atoms with Crippen molar-refractivity contribution in [3.8, 4) is 45.3 Å². The van der Waals surface area contributed by atoms with Crippen LogP contribution in [0.2, 0.25) is 0 Å². The number of phenols is 1. The number of carboxylic acid groups (broad SMARTS) is 1. The van der Waals surface area contributed by atoms with E-state index in [4.69, 9.17) is 14.2 Å². The lowest BCUT2D eigenvalue weighted by atomic mass is 9.92. The van der Waals surface area contributed by atoms with E-state index in [1.54, 1.807) is 18.2 Å². The Bertz CT molecular complexity index is 1400. The zero-order valence-corrected chi connectivity index (χ0v) is 20.0. The highest BCUT2D eigenvalue weighted by Gasteiger charge is 2.27. The van der Waals surface area contributed by atoms with Gasteiger partial charge in [0.15, 0.2) is 11.5 Å². The molecule has 0 fully saturated rings. The van der Waals surface area contributed by atoms with Gasteiger partial charge in [0, 0.05) is 11.1 Å². The minimum Gasteiger partial charge on any atom is -0.504 e. The Morgan fingerprint density at radius 2 is 1.53 bits per heavy atom. The number of ether oxygens (including phenoxy) is 3. The molecule has 0 saturated carbocycles. The number of benzene rings is 4. The van der Waals surface area contributed by atoms with Crippen molar-refractivity contribution >= 4 is 5.97 Å². The Hall–Kier alpha value is -4.52. The summed E-state index contributed by atoms with van der Waals surface area (Å²) in [6.45, 7) is 2.26. The molecule has 4 rings (SSSR count). The topological polar surface area (TPSA) is 85.2 Å². The van der Waals surface area contributed by atoms with Gasteiger partial charge in [-0.15, -0.1) is 0 Å². The second-order valence-corrected chi connectivity index (χ2v) is 8.18. The number of aromatic hydroxyl groups is 1. The molecular weight excluding hydrogens is 463 g/mol. The number of hydrogen-bond acceptors (Lipinski definition) is 5. The fourth-order valence-corrected chi connectivity index (χ4v) is 3.99. The van der Waals surface area contributed by atoms with Crippen LogP contribution in [-0.4, -0.2) is 30.4 Å². The molecule has 0 heterocycles. The summed E-state index contributed by atoms with van der Waals surface area (Å²) < 4.78 is 30.3. The first-order valence-corrected chi connectivity index (χ1v) is 11.1. The van der Waals surface area contributed by atoms with Gasteiger partial charge >= 0.3 is 5.97 Å². The molecule has 0 aliphatic rings. The summed E-state index contributed by atoms with van der Waals surface area (Å²) in [5, 5.41) is 20.8. The largest absolute Gasteiger partial charge is 0.504 e. The summed E-state index contributed by atoms with van der Waals surface area (Å²) in [6.07, 6.45) is 0. The maximum Gasteiger partial charge on any atom is 0.340 e. The van der Waals surface area contributed by atoms with E-state index in [1.165, 1.54) is 44.6 Å². The van der Waals surface area contributed by atoms with E-state index in [9.17, 15) is 19.4 Å². The number of phenolic OH excluding ortho intramolecular Hbond substituents is 1. The fraction of sp³-hybridized carbons (Fsp3) is 0.138. The van der Waals surface area contributed by atoms with Gasteiger partial charge in [0.05, 0.1) is 14.2 Å². The van der Waals surface area contributed by atoms with Crippen molar-refractivity contribution in [1.82, 2.24) is 0 Å². The van der Waals surface area contributed by atoms with Crippen LogP contribution in [0.5, 0.6) is 23.0 Å². The predicted octanol–water partition coefficient (Wildman–Crippen LogP) is 6.47. The van der Waals surface area contributed by atoms with Crippen LogP contribution in [-0.2, 0) is 6.61 Å². The maximum absolute atomic E-state index is 13.5. The smallest absolute Gasteiger partial charge is 0.340 e. The highest BCUT2D eigenvalue weighted by molar-refractivity contribution is 6.04. The zero-order chi connectivity index (χ0) is 25.8. The molecule has 7 heteroatoms. The standard InChI is InChI=1S/C29H25FO6/c1-17-4-6-18(7-5-17)16-36-24-13-10-20(14-23(24)31)26-25(34-2)15-22(19-8-11-21(30)12-9-19)28(35-3)27(26)29(32)33/h4-15,31H,16H2,1-3H3,(H,32,33). The van der Waals surface area contributed by atoms with E-state index >= 15 is 0 Å². The molecule has 2 N–H and O–H groups in total. The van der Waals surface area contributed by atoms with Gasteiger partial charge in [-0.25, -0.2) is 9.18 Å². The summed E-state index contributed by atoms with van der Waals surface area (Å²) >= 11 is 0. The number of hydrogen-bond donors (Lipinski definition) is 2. The Morgan fingerprint density at radius 1 is 0.861 bits per heavy atom. The normalized spacial score (nSPS) is 10.7. The number of halogens is 1. The van der Waals surface area contributed by atoms with E-state index in [0.29, 0.717) is 16.7 Å². The van der Waals surface area contributed by atoms with Gasteiger partial charge in [-0.3, -0.25) is 0 Å². The third kappa shape index (κ3) is 4.95. The first kappa shape index (κ1) is 24.6. The fourth-order valence-electron chi connectivity index (χ4n) is 3.99. The molecule has 0 unspecified atom stereocenters. The summed E-state index contributed by atoms with van der Waals surface area (Å²) in [4.78, 5) is 12.4. The summed E-state index contributed by atoms with van der Waals surface area (Å²) in [5.74, 6) is -1.22. The molecule has 184 valence electrons. The van der Waals surface area contributed by atoms with E-state index in [-0.39, 0.29) is 40.7 Å². The highest BCUT2D eigenvalue weighted by Crippen LogP contribution is 2.46. The molecule has 0 radical (unpaired) electrons. The molecule has 6 nitrogen and oxygen atoms in total. The highest BCUT2D eigenvalue weighted by atomic mass is 19.1.